The molecule has 0 aliphatic rings. The van der Waals surface area contributed by atoms with Crippen LogP contribution in [0.3, 0.4) is 0 Å². The molecule has 0 radical (unpaired) electrons. The standard InChI is InChI=1S/C13H12ClN3O3S/c14-8-1-3-9(4-2-8)15-10(18)5-6-21-13-16-11(19)7-12(20)17-13/h1-4,7H,5-6H2,(H,15,18)(H2,16,17,19,20). The number of aromatic hydroxyl groups is 1. The Morgan fingerprint density at radius 2 is 2.10 bits per heavy atom. The molecule has 0 saturated carbocycles. The first-order valence-electron chi connectivity index (χ1n) is 6.01. The normalized spacial score (nSPS) is 10.3. The zero-order valence-electron chi connectivity index (χ0n) is 10.8. The predicted octanol–water partition coefficient (Wildman–Crippen LogP) is 2.25. The van der Waals surface area contributed by atoms with Gasteiger partial charge in [-0.1, -0.05) is 23.4 Å². The third-order valence-electron chi connectivity index (χ3n) is 2.40. The average molecular weight is 326 g/mol. The lowest BCUT2D eigenvalue weighted by Crippen LogP contribution is -2.12. The SMILES string of the molecule is O=C(CCSc1nc(O)cc(=O)[nH]1)Nc1ccc(Cl)cc1. The van der Waals surface area contributed by atoms with Crippen LogP contribution in [0.25, 0.3) is 0 Å². The van der Waals surface area contributed by atoms with Gasteiger partial charge in [0.15, 0.2) is 5.16 Å². The van der Waals surface area contributed by atoms with Gasteiger partial charge in [-0.25, -0.2) is 0 Å². The van der Waals surface area contributed by atoms with E-state index < -0.39 is 5.56 Å². The maximum absolute atomic E-state index is 11.7. The number of benzene rings is 1. The molecule has 8 heteroatoms. The Labute approximate surface area is 129 Å². The smallest absolute Gasteiger partial charge is 0.255 e. The number of nitrogens with zero attached hydrogens (tertiary/aromatic N) is 1. The van der Waals surface area contributed by atoms with Crippen molar-refractivity contribution in [1.82, 2.24) is 9.97 Å². The summed E-state index contributed by atoms with van der Waals surface area (Å²) in [6.45, 7) is 0. The summed E-state index contributed by atoms with van der Waals surface area (Å²) in [6.07, 6.45) is 0.243. The maximum atomic E-state index is 11.7. The summed E-state index contributed by atoms with van der Waals surface area (Å²) in [5.41, 5.74) is 0.230. The summed E-state index contributed by atoms with van der Waals surface area (Å²) < 4.78 is 0. The van der Waals surface area contributed by atoms with Crippen molar-refractivity contribution in [3.05, 3.63) is 45.7 Å². The number of aromatic nitrogens is 2. The number of carbonyl (C=O) groups excluding carboxylic acids is 1. The van der Waals surface area contributed by atoms with Gasteiger partial charge in [0.25, 0.3) is 5.56 Å². The van der Waals surface area contributed by atoms with Crippen LogP contribution in [0.2, 0.25) is 5.02 Å². The number of anilines is 1. The molecule has 0 bridgehead atoms. The molecule has 0 fully saturated rings. The summed E-state index contributed by atoms with van der Waals surface area (Å²) in [4.78, 5) is 29.0. The lowest BCUT2D eigenvalue weighted by molar-refractivity contribution is -0.115. The minimum absolute atomic E-state index is 0.160. The molecule has 3 N–H and O–H groups in total. The maximum Gasteiger partial charge on any atom is 0.255 e. The Balaban J connectivity index is 1.81. The van der Waals surface area contributed by atoms with E-state index in [1.54, 1.807) is 24.3 Å². The van der Waals surface area contributed by atoms with Crippen LogP contribution in [0.1, 0.15) is 6.42 Å². The largest absolute Gasteiger partial charge is 0.493 e. The summed E-state index contributed by atoms with van der Waals surface area (Å²) >= 11 is 6.93. The number of hydrogen-bond donors (Lipinski definition) is 3. The van der Waals surface area contributed by atoms with Crippen LogP contribution in [0.15, 0.2) is 40.3 Å². The van der Waals surface area contributed by atoms with Gasteiger partial charge in [-0.2, -0.15) is 4.98 Å². The average Bonchev–Trinajstić information content (AvgIpc) is 2.40. The molecule has 0 aliphatic carbocycles. The van der Waals surface area contributed by atoms with E-state index in [1.807, 2.05) is 0 Å². The van der Waals surface area contributed by atoms with Crippen molar-refractivity contribution < 1.29 is 9.90 Å². The fraction of sp³-hybridized carbons (Fsp3) is 0.154. The number of carbonyl (C=O) groups is 1. The molecule has 1 heterocycles. The molecule has 0 saturated heterocycles. The van der Waals surface area contributed by atoms with Gasteiger partial charge in [0, 0.05) is 22.9 Å². The van der Waals surface area contributed by atoms with Crippen molar-refractivity contribution >= 4 is 35.0 Å². The second-order valence-corrected chi connectivity index (χ2v) is 5.58. The lowest BCUT2D eigenvalue weighted by Gasteiger charge is -2.05. The quantitative estimate of drug-likeness (QED) is 0.579. The fourth-order valence-electron chi connectivity index (χ4n) is 1.49. The third kappa shape index (κ3) is 5.13. The van der Waals surface area contributed by atoms with Gasteiger partial charge in [-0.15, -0.1) is 0 Å². The van der Waals surface area contributed by atoms with Gasteiger partial charge in [0.1, 0.15) is 0 Å². The van der Waals surface area contributed by atoms with Crippen LogP contribution in [0.4, 0.5) is 5.69 Å². The van der Waals surface area contributed by atoms with Crippen LogP contribution < -0.4 is 10.9 Å². The Bertz CT molecular complexity index is 688. The lowest BCUT2D eigenvalue weighted by atomic mass is 10.3. The topological polar surface area (TPSA) is 95.1 Å². The van der Waals surface area contributed by atoms with Crippen LogP contribution in [-0.4, -0.2) is 26.7 Å². The third-order valence-corrected chi connectivity index (χ3v) is 3.53. The van der Waals surface area contributed by atoms with Crippen molar-refractivity contribution in [1.29, 1.82) is 0 Å². The van der Waals surface area contributed by atoms with E-state index in [0.717, 1.165) is 6.07 Å². The molecule has 1 aromatic carbocycles. The van der Waals surface area contributed by atoms with E-state index in [4.69, 9.17) is 11.6 Å². The van der Waals surface area contributed by atoms with E-state index in [2.05, 4.69) is 15.3 Å². The first-order chi connectivity index (χ1) is 10.0. The monoisotopic (exact) mass is 325 g/mol. The van der Waals surface area contributed by atoms with E-state index >= 15 is 0 Å². The molecule has 110 valence electrons. The Kier molecular flexibility index (Phi) is 5.24. The van der Waals surface area contributed by atoms with Gasteiger partial charge < -0.3 is 15.4 Å². The summed E-state index contributed by atoms with van der Waals surface area (Å²) in [5, 5.41) is 12.8. The van der Waals surface area contributed by atoms with Gasteiger partial charge >= 0.3 is 0 Å². The van der Waals surface area contributed by atoms with Crippen molar-refractivity contribution in [2.24, 2.45) is 0 Å². The molecule has 6 nitrogen and oxygen atoms in total. The van der Waals surface area contributed by atoms with Crippen molar-refractivity contribution in [2.45, 2.75) is 11.6 Å². The summed E-state index contributed by atoms with van der Waals surface area (Å²) in [6, 6.07) is 7.78. The number of aromatic amines is 1. The zero-order chi connectivity index (χ0) is 15.2. The fourth-order valence-corrected chi connectivity index (χ4v) is 2.43. The number of amides is 1. The second kappa shape index (κ2) is 7.14. The van der Waals surface area contributed by atoms with Crippen LogP contribution in [0, 0.1) is 0 Å². The Hall–Kier alpha value is -1.99. The molecule has 0 unspecified atom stereocenters. The van der Waals surface area contributed by atoms with E-state index in [1.165, 1.54) is 11.8 Å². The first kappa shape index (κ1) is 15.4. The number of nitrogens with one attached hydrogen (secondary N) is 2. The van der Waals surface area contributed by atoms with Crippen LogP contribution in [-0.2, 0) is 4.79 Å². The summed E-state index contributed by atoms with van der Waals surface area (Å²) in [5.74, 6) is -0.0783. The highest BCUT2D eigenvalue weighted by molar-refractivity contribution is 7.99. The molecule has 21 heavy (non-hydrogen) atoms. The number of H-pyrrole nitrogens is 1. The van der Waals surface area contributed by atoms with E-state index in [0.29, 0.717) is 16.5 Å². The molecule has 0 spiro atoms. The number of halogens is 1. The predicted molar refractivity (Wildman–Crippen MR) is 81.9 cm³/mol. The highest BCUT2D eigenvalue weighted by atomic mass is 35.5. The molecule has 1 amide bonds. The van der Waals surface area contributed by atoms with Crippen molar-refractivity contribution in [3.63, 3.8) is 0 Å². The van der Waals surface area contributed by atoms with E-state index in [-0.39, 0.29) is 23.4 Å². The second-order valence-electron chi connectivity index (χ2n) is 4.06. The highest BCUT2D eigenvalue weighted by Crippen LogP contribution is 2.16. The molecule has 0 aliphatic heterocycles. The Morgan fingerprint density at radius 1 is 1.38 bits per heavy atom. The van der Waals surface area contributed by atoms with Gasteiger partial charge in [0.2, 0.25) is 11.8 Å². The molecule has 1 aromatic heterocycles. The first-order valence-corrected chi connectivity index (χ1v) is 7.38. The number of hydrogen-bond acceptors (Lipinski definition) is 5. The molecular weight excluding hydrogens is 314 g/mol. The van der Waals surface area contributed by atoms with Crippen molar-refractivity contribution in [2.75, 3.05) is 11.1 Å². The molecule has 2 aromatic rings. The van der Waals surface area contributed by atoms with Crippen LogP contribution in [0.5, 0.6) is 5.88 Å². The minimum Gasteiger partial charge on any atom is -0.493 e. The van der Waals surface area contributed by atoms with E-state index in [9.17, 15) is 14.7 Å². The summed E-state index contributed by atoms with van der Waals surface area (Å²) in [7, 11) is 0. The number of rotatable bonds is 5. The zero-order valence-corrected chi connectivity index (χ0v) is 12.4. The minimum atomic E-state index is -0.435. The number of thioether (sulfide) groups is 1. The molecular formula is C13H12ClN3O3S. The van der Waals surface area contributed by atoms with Crippen LogP contribution >= 0.6 is 23.4 Å². The van der Waals surface area contributed by atoms with Gasteiger partial charge in [-0.3, -0.25) is 9.59 Å². The van der Waals surface area contributed by atoms with Gasteiger partial charge in [-0.05, 0) is 24.3 Å². The van der Waals surface area contributed by atoms with Gasteiger partial charge in [0.05, 0.1) is 6.07 Å². The Morgan fingerprint density at radius 3 is 2.76 bits per heavy atom. The van der Waals surface area contributed by atoms with Crippen molar-refractivity contribution in [3.8, 4) is 5.88 Å². The molecule has 0 atom stereocenters. The highest BCUT2D eigenvalue weighted by Gasteiger charge is 2.05. The molecule has 2 rings (SSSR count).